The van der Waals surface area contributed by atoms with Crippen molar-refractivity contribution in [2.45, 2.75) is 58.3 Å². The molecular formula is C31H35ClLiNO4S. The maximum absolute atomic E-state index is 13.3. The van der Waals surface area contributed by atoms with Crippen LogP contribution in [0.3, 0.4) is 0 Å². The van der Waals surface area contributed by atoms with E-state index in [1.54, 1.807) is 6.07 Å². The Morgan fingerprint density at radius 3 is 2.46 bits per heavy atom. The molecule has 1 N–H and O–H groups in total. The summed E-state index contributed by atoms with van der Waals surface area (Å²) in [6.45, 7) is 4.50. The number of benzene rings is 3. The zero-order valence-corrected chi connectivity index (χ0v) is 24.7. The summed E-state index contributed by atoms with van der Waals surface area (Å²) in [4.78, 5) is 24.9. The number of ether oxygens (including phenoxy) is 1. The third kappa shape index (κ3) is 9.74. The van der Waals surface area contributed by atoms with Crippen molar-refractivity contribution in [1.29, 1.82) is 0 Å². The van der Waals surface area contributed by atoms with Gasteiger partial charge in [0.05, 0.1) is 24.7 Å². The van der Waals surface area contributed by atoms with E-state index in [0.29, 0.717) is 29.4 Å². The Kier molecular flexibility index (Phi) is 14.2. The van der Waals surface area contributed by atoms with Gasteiger partial charge in [-0.15, -0.1) is 0 Å². The molecule has 202 valence electrons. The molecular weight excluding hydrogens is 525 g/mol. The molecule has 1 amide bonds. The van der Waals surface area contributed by atoms with Crippen molar-refractivity contribution >= 4 is 35.2 Å². The molecule has 3 aromatic rings. The summed E-state index contributed by atoms with van der Waals surface area (Å²) in [5.74, 6) is -1.12. The number of hydrogen-bond donors (Lipinski definition) is 1. The Hall–Kier alpha value is -2.20. The smallest absolute Gasteiger partial charge is 0.548 e. The summed E-state index contributed by atoms with van der Waals surface area (Å²) in [5.41, 5.74) is 5.03. The first-order chi connectivity index (χ1) is 18.3. The van der Waals surface area contributed by atoms with Crippen molar-refractivity contribution in [3.05, 3.63) is 94.0 Å². The number of rotatable bonds is 14. The number of nitrogens with one attached hydrogen (secondary N) is 1. The third-order valence-electron chi connectivity index (χ3n) is 6.46. The molecule has 3 aromatic carbocycles. The Labute approximate surface area is 253 Å². The largest absolute Gasteiger partial charge is 1.00 e. The molecule has 2 atom stereocenters. The van der Waals surface area contributed by atoms with Crippen LogP contribution >= 0.6 is 23.4 Å². The number of thioether (sulfide) groups is 1. The van der Waals surface area contributed by atoms with Crippen LogP contribution in [-0.2, 0) is 16.1 Å². The molecule has 0 fully saturated rings. The molecule has 39 heavy (non-hydrogen) atoms. The Morgan fingerprint density at radius 2 is 1.79 bits per heavy atom. The van der Waals surface area contributed by atoms with Gasteiger partial charge in [0.2, 0.25) is 0 Å². The predicted octanol–water partition coefficient (Wildman–Crippen LogP) is 3.37. The van der Waals surface area contributed by atoms with Crippen molar-refractivity contribution in [3.8, 4) is 11.1 Å². The molecule has 0 saturated heterocycles. The Morgan fingerprint density at radius 1 is 1.03 bits per heavy atom. The molecule has 0 aliphatic heterocycles. The number of unbranched alkanes of at least 4 members (excludes halogenated alkanes) is 1. The summed E-state index contributed by atoms with van der Waals surface area (Å²) >= 11 is 7.76. The topological polar surface area (TPSA) is 78.5 Å². The standard InChI is InChI=1S/C31H36ClNO4S.Li/c1-4-5-13-29(23-10-8-11-24(32)19-23)37-20-22-14-15-26(27(18-22)25-12-7-6-9-21(25)2)30(34)33-28(31(35)36)16-17-38-3;/h6-12,14-15,18-19,28-29H,4-5,13,16-17,20H2,1-3H3,(H,33,34)(H,35,36);/q;+1/p-1/t28-,29?;/m0./s1. The van der Waals surface area contributed by atoms with E-state index in [1.807, 2.05) is 73.8 Å². The van der Waals surface area contributed by atoms with Crippen molar-refractivity contribution in [3.63, 3.8) is 0 Å². The van der Waals surface area contributed by atoms with E-state index in [1.165, 1.54) is 11.8 Å². The van der Waals surface area contributed by atoms with Gasteiger partial charge in [0, 0.05) is 10.6 Å². The number of carboxylic acid groups (broad SMARTS) is 1. The molecule has 5 nitrogen and oxygen atoms in total. The van der Waals surface area contributed by atoms with E-state index in [0.717, 1.165) is 47.1 Å². The average Bonchev–Trinajstić information content (AvgIpc) is 2.91. The quantitative estimate of drug-likeness (QED) is 0.306. The van der Waals surface area contributed by atoms with Crippen molar-refractivity contribution in [2.24, 2.45) is 0 Å². The summed E-state index contributed by atoms with van der Waals surface area (Å²) in [6, 6.07) is 20.1. The van der Waals surface area contributed by atoms with Crippen molar-refractivity contribution in [1.82, 2.24) is 5.32 Å². The number of carboxylic acids is 1. The minimum absolute atomic E-state index is 0. The predicted molar refractivity (Wildman–Crippen MR) is 154 cm³/mol. The number of hydrogen-bond acceptors (Lipinski definition) is 5. The van der Waals surface area contributed by atoms with Gasteiger partial charge in [-0.1, -0.05) is 73.8 Å². The van der Waals surface area contributed by atoms with Gasteiger partial charge < -0.3 is 20.0 Å². The van der Waals surface area contributed by atoms with Gasteiger partial charge in [-0.05, 0) is 83.9 Å². The van der Waals surface area contributed by atoms with Gasteiger partial charge in [-0.25, -0.2) is 0 Å². The second-order valence-electron chi connectivity index (χ2n) is 9.32. The second kappa shape index (κ2) is 16.8. The maximum atomic E-state index is 13.3. The number of halogens is 1. The first-order valence-corrected chi connectivity index (χ1v) is 14.7. The monoisotopic (exact) mass is 559 g/mol. The van der Waals surface area contributed by atoms with Crippen molar-refractivity contribution in [2.75, 3.05) is 12.0 Å². The molecule has 0 spiro atoms. The number of carbonyl (C=O) groups excluding carboxylic acids is 2. The van der Waals surface area contributed by atoms with Crippen LogP contribution in [0.25, 0.3) is 11.1 Å². The van der Waals surface area contributed by atoms with Gasteiger partial charge in [0.1, 0.15) is 0 Å². The number of carbonyl (C=O) groups is 2. The molecule has 8 heteroatoms. The Balaban J connectivity index is 0.00000533. The minimum atomic E-state index is -1.28. The van der Waals surface area contributed by atoms with Crippen LogP contribution in [0.1, 0.15) is 65.8 Å². The van der Waals surface area contributed by atoms with E-state index < -0.39 is 17.9 Å². The Bertz CT molecular complexity index is 1240. The summed E-state index contributed by atoms with van der Waals surface area (Å²) in [7, 11) is 0. The van der Waals surface area contributed by atoms with E-state index in [4.69, 9.17) is 16.3 Å². The van der Waals surface area contributed by atoms with Crippen LogP contribution in [-0.4, -0.2) is 29.9 Å². The van der Waals surface area contributed by atoms with E-state index in [2.05, 4.69) is 12.2 Å². The molecule has 0 aliphatic rings. The summed E-state index contributed by atoms with van der Waals surface area (Å²) in [5, 5.41) is 15.0. The summed E-state index contributed by atoms with van der Waals surface area (Å²) in [6.07, 6.45) is 5.06. The fourth-order valence-electron chi connectivity index (χ4n) is 4.34. The van der Waals surface area contributed by atoms with E-state index in [-0.39, 0.29) is 25.0 Å². The molecule has 0 radical (unpaired) electrons. The van der Waals surface area contributed by atoms with Crippen LogP contribution in [0, 0.1) is 6.92 Å². The zero-order chi connectivity index (χ0) is 27.5. The summed E-state index contributed by atoms with van der Waals surface area (Å²) < 4.78 is 6.39. The fraction of sp³-hybridized carbons (Fsp3) is 0.355. The van der Waals surface area contributed by atoms with Gasteiger partial charge in [0.15, 0.2) is 0 Å². The van der Waals surface area contributed by atoms with E-state index >= 15 is 0 Å². The third-order valence-corrected chi connectivity index (χ3v) is 7.33. The van der Waals surface area contributed by atoms with Crippen LogP contribution in [0.4, 0.5) is 0 Å². The normalized spacial score (nSPS) is 12.3. The molecule has 0 saturated carbocycles. The molecule has 0 heterocycles. The SMILES string of the molecule is CCCCC(OCc1ccc(C(=O)N[C@@H](CCSC)C(=O)[O-])c(-c2ccccc2C)c1)c1cccc(Cl)c1.[Li+]. The maximum Gasteiger partial charge on any atom is 1.00 e. The van der Waals surface area contributed by atoms with Gasteiger partial charge in [0.25, 0.3) is 5.91 Å². The molecule has 1 unspecified atom stereocenters. The average molecular weight is 560 g/mol. The van der Waals surface area contributed by atoms with Gasteiger partial charge >= 0.3 is 18.9 Å². The van der Waals surface area contributed by atoms with Gasteiger partial charge in [-0.2, -0.15) is 11.8 Å². The molecule has 0 aliphatic carbocycles. The second-order valence-corrected chi connectivity index (χ2v) is 10.7. The van der Waals surface area contributed by atoms with Crippen LogP contribution in [0.15, 0.2) is 66.7 Å². The van der Waals surface area contributed by atoms with Crippen LogP contribution in [0.2, 0.25) is 5.02 Å². The van der Waals surface area contributed by atoms with Gasteiger partial charge in [-0.3, -0.25) is 4.79 Å². The van der Waals surface area contributed by atoms with Crippen LogP contribution < -0.4 is 29.3 Å². The first-order valence-electron chi connectivity index (χ1n) is 12.9. The number of amides is 1. The van der Waals surface area contributed by atoms with Crippen molar-refractivity contribution < 1.29 is 38.3 Å². The van der Waals surface area contributed by atoms with Crippen LogP contribution in [0.5, 0.6) is 0 Å². The number of aliphatic carboxylic acids is 1. The first kappa shape index (κ1) is 33.0. The fourth-order valence-corrected chi connectivity index (χ4v) is 5.01. The molecule has 3 rings (SSSR count). The number of aryl methyl sites for hydroxylation is 1. The zero-order valence-electron chi connectivity index (χ0n) is 23.2. The minimum Gasteiger partial charge on any atom is -0.548 e. The van der Waals surface area contributed by atoms with E-state index in [9.17, 15) is 14.7 Å². The molecule has 0 aromatic heterocycles. The molecule has 0 bridgehead atoms.